The number of aliphatic hydroxyl groups excluding tert-OH is 1. The van der Waals surface area contributed by atoms with Gasteiger partial charge in [-0.1, -0.05) is 12.1 Å². The molecular formula is C12H15NO3. The molecule has 86 valence electrons. The first kappa shape index (κ1) is 11.1. The summed E-state index contributed by atoms with van der Waals surface area (Å²) in [5.74, 6) is -0.0887. The van der Waals surface area contributed by atoms with Crippen molar-refractivity contribution in [1.82, 2.24) is 0 Å². The van der Waals surface area contributed by atoms with Gasteiger partial charge in [0.15, 0.2) is 0 Å². The average Bonchev–Trinajstić information content (AvgIpc) is 2.83. The third-order valence-corrected chi connectivity index (χ3v) is 2.63. The Hall–Kier alpha value is -1.39. The van der Waals surface area contributed by atoms with Crippen LogP contribution in [0.15, 0.2) is 24.3 Å². The second-order valence-corrected chi connectivity index (χ2v) is 3.85. The first-order chi connectivity index (χ1) is 7.79. The van der Waals surface area contributed by atoms with Crippen molar-refractivity contribution in [3.05, 3.63) is 29.8 Å². The van der Waals surface area contributed by atoms with E-state index in [1.165, 1.54) is 0 Å². The maximum atomic E-state index is 11.7. The number of carbonyl (C=O) groups excluding carboxylic acids is 1. The van der Waals surface area contributed by atoms with E-state index in [2.05, 4.69) is 5.32 Å². The van der Waals surface area contributed by atoms with Gasteiger partial charge < -0.3 is 15.2 Å². The molecule has 2 rings (SSSR count). The summed E-state index contributed by atoms with van der Waals surface area (Å²) in [7, 11) is 0. The molecule has 1 aliphatic heterocycles. The molecule has 0 aliphatic carbocycles. The normalized spacial score (nSPS) is 19.7. The van der Waals surface area contributed by atoms with Crippen molar-refractivity contribution in [2.45, 2.75) is 25.6 Å². The van der Waals surface area contributed by atoms with Crippen LogP contribution in [0.2, 0.25) is 0 Å². The molecule has 0 spiro atoms. The van der Waals surface area contributed by atoms with Gasteiger partial charge in [-0.05, 0) is 30.5 Å². The van der Waals surface area contributed by atoms with E-state index in [4.69, 9.17) is 9.84 Å². The quantitative estimate of drug-likeness (QED) is 0.808. The molecule has 0 saturated carbocycles. The zero-order valence-corrected chi connectivity index (χ0v) is 8.98. The number of rotatable bonds is 3. The predicted molar refractivity (Wildman–Crippen MR) is 60.0 cm³/mol. The molecule has 1 aliphatic rings. The maximum absolute atomic E-state index is 11.7. The molecule has 1 atom stereocenters. The van der Waals surface area contributed by atoms with Crippen molar-refractivity contribution < 1.29 is 14.6 Å². The topological polar surface area (TPSA) is 58.6 Å². The molecule has 1 heterocycles. The van der Waals surface area contributed by atoms with Gasteiger partial charge in [-0.15, -0.1) is 0 Å². The van der Waals surface area contributed by atoms with Gasteiger partial charge >= 0.3 is 0 Å². The molecular weight excluding hydrogens is 206 g/mol. The lowest BCUT2D eigenvalue weighted by atomic mass is 10.2. The SMILES string of the molecule is O=C(Nc1ccc(CO)cc1)[C@@H]1CCCO1. The summed E-state index contributed by atoms with van der Waals surface area (Å²) in [6.07, 6.45) is 1.43. The van der Waals surface area contributed by atoms with Gasteiger partial charge in [-0.3, -0.25) is 4.79 Å². The van der Waals surface area contributed by atoms with Crippen molar-refractivity contribution in [3.8, 4) is 0 Å². The summed E-state index contributed by atoms with van der Waals surface area (Å²) in [5.41, 5.74) is 1.56. The number of anilines is 1. The molecule has 1 amide bonds. The van der Waals surface area contributed by atoms with Crippen LogP contribution in [0.5, 0.6) is 0 Å². The molecule has 16 heavy (non-hydrogen) atoms. The number of amides is 1. The third kappa shape index (κ3) is 2.59. The number of nitrogens with one attached hydrogen (secondary N) is 1. The molecule has 0 unspecified atom stereocenters. The number of carbonyl (C=O) groups is 1. The average molecular weight is 221 g/mol. The number of hydrogen-bond donors (Lipinski definition) is 2. The van der Waals surface area contributed by atoms with Crippen molar-refractivity contribution in [3.63, 3.8) is 0 Å². The minimum Gasteiger partial charge on any atom is -0.392 e. The van der Waals surface area contributed by atoms with E-state index < -0.39 is 0 Å². The minimum atomic E-state index is -0.308. The number of hydrogen-bond acceptors (Lipinski definition) is 3. The largest absolute Gasteiger partial charge is 0.392 e. The van der Waals surface area contributed by atoms with Crippen LogP contribution in [-0.2, 0) is 16.1 Å². The second kappa shape index (κ2) is 5.09. The zero-order chi connectivity index (χ0) is 11.4. The van der Waals surface area contributed by atoms with E-state index in [1.54, 1.807) is 24.3 Å². The minimum absolute atomic E-state index is 0.0139. The Labute approximate surface area is 94.2 Å². The van der Waals surface area contributed by atoms with Crippen LogP contribution < -0.4 is 5.32 Å². The van der Waals surface area contributed by atoms with E-state index >= 15 is 0 Å². The Kier molecular flexibility index (Phi) is 3.54. The summed E-state index contributed by atoms with van der Waals surface area (Å²) in [4.78, 5) is 11.7. The summed E-state index contributed by atoms with van der Waals surface area (Å²) < 4.78 is 5.28. The molecule has 1 aromatic rings. The lowest BCUT2D eigenvalue weighted by Crippen LogP contribution is -2.26. The smallest absolute Gasteiger partial charge is 0.253 e. The van der Waals surface area contributed by atoms with Gasteiger partial charge in [0, 0.05) is 12.3 Å². The zero-order valence-electron chi connectivity index (χ0n) is 8.98. The van der Waals surface area contributed by atoms with Crippen molar-refractivity contribution in [2.24, 2.45) is 0 Å². The van der Waals surface area contributed by atoms with E-state index in [1.807, 2.05) is 0 Å². The molecule has 0 radical (unpaired) electrons. The van der Waals surface area contributed by atoms with Crippen LogP contribution >= 0.6 is 0 Å². The highest BCUT2D eigenvalue weighted by Crippen LogP contribution is 2.15. The lowest BCUT2D eigenvalue weighted by molar-refractivity contribution is -0.124. The van der Waals surface area contributed by atoms with Gasteiger partial charge in [0.25, 0.3) is 5.91 Å². The highest BCUT2D eigenvalue weighted by Gasteiger charge is 2.23. The Morgan fingerprint density at radius 1 is 1.44 bits per heavy atom. The van der Waals surface area contributed by atoms with Gasteiger partial charge in [-0.25, -0.2) is 0 Å². The van der Waals surface area contributed by atoms with Crippen LogP contribution in [0, 0.1) is 0 Å². The van der Waals surface area contributed by atoms with Crippen LogP contribution in [0.4, 0.5) is 5.69 Å². The van der Waals surface area contributed by atoms with Crippen LogP contribution in [0.3, 0.4) is 0 Å². The number of ether oxygens (including phenoxy) is 1. The van der Waals surface area contributed by atoms with Crippen LogP contribution in [0.1, 0.15) is 18.4 Å². The predicted octanol–water partition coefficient (Wildman–Crippen LogP) is 1.30. The van der Waals surface area contributed by atoms with Gasteiger partial charge in [0.1, 0.15) is 6.10 Å². The molecule has 1 aromatic carbocycles. The van der Waals surface area contributed by atoms with E-state index in [0.29, 0.717) is 6.61 Å². The van der Waals surface area contributed by atoms with Crippen LogP contribution in [0.25, 0.3) is 0 Å². The monoisotopic (exact) mass is 221 g/mol. The molecule has 1 fully saturated rings. The van der Waals surface area contributed by atoms with Gasteiger partial charge in [0.05, 0.1) is 6.61 Å². The number of aliphatic hydroxyl groups is 1. The first-order valence-corrected chi connectivity index (χ1v) is 5.42. The fourth-order valence-electron chi connectivity index (χ4n) is 1.70. The third-order valence-electron chi connectivity index (χ3n) is 2.63. The van der Waals surface area contributed by atoms with E-state index in [9.17, 15) is 4.79 Å². The summed E-state index contributed by atoms with van der Waals surface area (Å²) in [6.45, 7) is 0.682. The van der Waals surface area contributed by atoms with Gasteiger partial charge in [-0.2, -0.15) is 0 Å². The van der Waals surface area contributed by atoms with E-state index in [0.717, 1.165) is 24.1 Å². The molecule has 1 saturated heterocycles. The number of benzene rings is 1. The van der Waals surface area contributed by atoms with Gasteiger partial charge in [0.2, 0.25) is 0 Å². The highest BCUT2D eigenvalue weighted by atomic mass is 16.5. The first-order valence-electron chi connectivity index (χ1n) is 5.42. The molecule has 0 bridgehead atoms. The Bertz CT molecular complexity index is 355. The summed E-state index contributed by atoms with van der Waals surface area (Å²) >= 11 is 0. The standard InChI is InChI=1S/C12H15NO3/c14-8-9-3-5-10(6-4-9)13-12(15)11-2-1-7-16-11/h3-6,11,14H,1-2,7-8H2,(H,13,15)/t11-/m0/s1. The van der Waals surface area contributed by atoms with Crippen molar-refractivity contribution >= 4 is 11.6 Å². The maximum Gasteiger partial charge on any atom is 0.253 e. The summed E-state index contributed by atoms with van der Waals surface area (Å²) in [5, 5.41) is 11.7. The summed E-state index contributed by atoms with van der Waals surface area (Å²) in [6, 6.07) is 7.12. The highest BCUT2D eigenvalue weighted by molar-refractivity contribution is 5.94. The molecule has 4 nitrogen and oxygen atoms in total. The van der Waals surface area contributed by atoms with E-state index in [-0.39, 0.29) is 18.6 Å². The Balaban J connectivity index is 1.94. The Morgan fingerprint density at radius 3 is 2.75 bits per heavy atom. The lowest BCUT2D eigenvalue weighted by Gasteiger charge is -2.10. The molecule has 2 N–H and O–H groups in total. The second-order valence-electron chi connectivity index (χ2n) is 3.85. The fraction of sp³-hybridized carbons (Fsp3) is 0.417. The van der Waals surface area contributed by atoms with Crippen LogP contribution in [-0.4, -0.2) is 23.7 Å². The molecule has 4 heteroatoms. The Morgan fingerprint density at radius 2 is 2.19 bits per heavy atom. The molecule has 0 aromatic heterocycles. The van der Waals surface area contributed by atoms with Crippen molar-refractivity contribution in [1.29, 1.82) is 0 Å². The fourth-order valence-corrected chi connectivity index (χ4v) is 1.70. The van der Waals surface area contributed by atoms with Crippen molar-refractivity contribution in [2.75, 3.05) is 11.9 Å².